The van der Waals surface area contributed by atoms with Crippen LogP contribution in [0.1, 0.15) is 26.7 Å². The molecule has 0 saturated carbocycles. The minimum Gasteiger partial charge on any atom is -0.392 e. The fraction of sp³-hybridized carbons (Fsp3) is 0.929. The van der Waals surface area contributed by atoms with Crippen molar-refractivity contribution >= 4 is 5.91 Å². The molecule has 2 fully saturated rings. The Bertz CT molecular complexity index is 311. The summed E-state index contributed by atoms with van der Waals surface area (Å²) in [6, 6.07) is -0.0357. The second kappa shape index (κ2) is 6.68. The molecule has 2 aliphatic heterocycles. The van der Waals surface area contributed by atoms with Crippen molar-refractivity contribution in [1.82, 2.24) is 15.1 Å². The molecule has 0 spiro atoms. The largest absolute Gasteiger partial charge is 0.392 e. The van der Waals surface area contributed by atoms with E-state index in [1.165, 1.54) is 0 Å². The summed E-state index contributed by atoms with van der Waals surface area (Å²) in [4.78, 5) is 16.2. The summed E-state index contributed by atoms with van der Waals surface area (Å²) in [7, 11) is 0. The molecule has 19 heavy (non-hydrogen) atoms. The summed E-state index contributed by atoms with van der Waals surface area (Å²) in [6.07, 6.45) is 1.89. The van der Waals surface area contributed by atoms with Crippen molar-refractivity contribution < 1.29 is 9.90 Å². The monoisotopic (exact) mass is 269 g/mol. The van der Waals surface area contributed by atoms with Gasteiger partial charge < -0.3 is 20.2 Å². The van der Waals surface area contributed by atoms with Crippen molar-refractivity contribution in [3.8, 4) is 0 Å². The first-order valence-electron chi connectivity index (χ1n) is 7.50. The topological polar surface area (TPSA) is 55.8 Å². The molecular formula is C14H27N3O2. The van der Waals surface area contributed by atoms with Crippen LogP contribution in [0.5, 0.6) is 0 Å². The summed E-state index contributed by atoms with van der Waals surface area (Å²) in [6.45, 7) is 9.44. The lowest BCUT2D eigenvalue weighted by Crippen LogP contribution is -2.54. The van der Waals surface area contributed by atoms with Crippen molar-refractivity contribution in [2.24, 2.45) is 5.92 Å². The second-order valence-electron chi connectivity index (χ2n) is 5.99. The first kappa shape index (κ1) is 14.8. The van der Waals surface area contributed by atoms with Gasteiger partial charge in [-0.05, 0) is 38.8 Å². The third kappa shape index (κ3) is 3.91. The van der Waals surface area contributed by atoms with Crippen LogP contribution in [0, 0.1) is 5.92 Å². The average Bonchev–Trinajstić information content (AvgIpc) is 2.39. The fourth-order valence-corrected chi connectivity index (χ4v) is 2.91. The minimum atomic E-state index is -0.186. The molecule has 0 radical (unpaired) electrons. The molecule has 0 aromatic rings. The van der Waals surface area contributed by atoms with E-state index in [4.69, 9.17) is 0 Å². The number of piperidine rings is 1. The Labute approximate surface area is 115 Å². The van der Waals surface area contributed by atoms with E-state index in [2.05, 4.69) is 17.1 Å². The highest BCUT2D eigenvalue weighted by Gasteiger charge is 2.26. The molecule has 0 aliphatic carbocycles. The first-order valence-corrected chi connectivity index (χ1v) is 7.50. The van der Waals surface area contributed by atoms with E-state index < -0.39 is 0 Å². The third-order valence-electron chi connectivity index (χ3n) is 4.42. The summed E-state index contributed by atoms with van der Waals surface area (Å²) >= 11 is 0. The van der Waals surface area contributed by atoms with E-state index >= 15 is 0 Å². The van der Waals surface area contributed by atoms with Crippen LogP contribution in [0.3, 0.4) is 0 Å². The van der Waals surface area contributed by atoms with E-state index in [1.54, 1.807) is 0 Å². The predicted octanol–water partition coefficient (Wildman–Crippen LogP) is -0.100. The van der Waals surface area contributed by atoms with E-state index in [0.717, 1.165) is 52.1 Å². The van der Waals surface area contributed by atoms with E-state index in [1.807, 2.05) is 11.8 Å². The van der Waals surface area contributed by atoms with Gasteiger partial charge in [-0.3, -0.25) is 4.79 Å². The lowest BCUT2D eigenvalue weighted by Gasteiger charge is -2.35. The van der Waals surface area contributed by atoms with Crippen molar-refractivity contribution in [2.75, 3.05) is 39.3 Å². The lowest BCUT2D eigenvalue weighted by molar-refractivity contribution is -0.135. The number of aliphatic hydroxyl groups is 1. The molecule has 0 aromatic carbocycles. The number of nitrogens with one attached hydrogen (secondary N) is 1. The normalized spacial score (nSPS) is 33.7. The van der Waals surface area contributed by atoms with Gasteiger partial charge in [0.2, 0.25) is 5.91 Å². The van der Waals surface area contributed by atoms with Gasteiger partial charge >= 0.3 is 0 Å². The summed E-state index contributed by atoms with van der Waals surface area (Å²) in [5.41, 5.74) is 0. The Morgan fingerprint density at radius 1 is 1.32 bits per heavy atom. The number of β-amino-alcohol motifs (C(OH)–C–C–N with tert-alkyl or cyclic N) is 1. The van der Waals surface area contributed by atoms with E-state index in [0.29, 0.717) is 5.92 Å². The smallest absolute Gasteiger partial charge is 0.239 e. The molecule has 1 amide bonds. The van der Waals surface area contributed by atoms with Gasteiger partial charge in [0.1, 0.15) is 0 Å². The third-order valence-corrected chi connectivity index (χ3v) is 4.42. The van der Waals surface area contributed by atoms with Gasteiger partial charge in [-0.2, -0.15) is 0 Å². The summed E-state index contributed by atoms with van der Waals surface area (Å²) in [5.74, 6) is 0.644. The highest BCUT2D eigenvalue weighted by Crippen LogP contribution is 2.17. The number of hydrogen-bond donors (Lipinski definition) is 2. The number of nitrogens with zero attached hydrogens (tertiary/aromatic N) is 2. The van der Waals surface area contributed by atoms with Crippen LogP contribution in [0.15, 0.2) is 0 Å². The van der Waals surface area contributed by atoms with Gasteiger partial charge in [-0.25, -0.2) is 0 Å². The maximum Gasteiger partial charge on any atom is 0.239 e. The standard InChI is InChI=1S/C14H27N3O2/c1-11-4-8-16(10-13(11)18)6-3-7-17-9-5-15-12(2)14(17)19/h11-13,15,18H,3-10H2,1-2H3. The zero-order chi connectivity index (χ0) is 13.8. The zero-order valence-electron chi connectivity index (χ0n) is 12.1. The lowest BCUT2D eigenvalue weighted by atomic mass is 9.96. The molecule has 2 heterocycles. The molecular weight excluding hydrogens is 242 g/mol. The SMILES string of the molecule is CC1NCCN(CCCN2CCC(C)C(O)C2)C1=O. The number of hydrogen-bond acceptors (Lipinski definition) is 4. The summed E-state index contributed by atoms with van der Waals surface area (Å²) < 4.78 is 0. The number of piperazine rings is 1. The Morgan fingerprint density at radius 3 is 2.84 bits per heavy atom. The van der Waals surface area contributed by atoms with Gasteiger partial charge in [0.15, 0.2) is 0 Å². The van der Waals surface area contributed by atoms with Crippen molar-refractivity contribution in [3.63, 3.8) is 0 Å². The second-order valence-corrected chi connectivity index (χ2v) is 5.99. The average molecular weight is 269 g/mol. The number of aliphatic hydroxyl groups excluding tert-OH is 1. The highest BCUT2D eigenvalue weighted by atomic mass is 16.3. The Hall–Kier alpha value is -0.650. The van der Waals surface area contributed by atoms with E-state index in [-0.39, 0.29) is 18.1 Å². The molecule has 2 saturated heterocycles. The maximum absolute atomic E-state index is 11.9. The van der Waals surface area contributed by atoms with E-state index in [9.17, 15) is 9.90 Å². The van der Waals surface area contributed by atoms with Gasteiger partial charge in [0.25, 0.3) is 0 Å². The van der Waals surface area contributed by atoms with Gasteiger partial charge in [0, 0.05) is 26.2 Å². The van der Waals surface area contributed by atoms with Crippen LogP contribution in [0.25, 0.3) is 0 Å². The molecule has 3 unspecified atom stereocenters. The van der Waals surface area contributed by atoms with Crippen molar-refractivity contribution in [2.45, 2.75) is 38.8 Å². The molecule has 2 aliphatic rings. The molecule has 0 aromatic heterocycles. The fourth-order valence-electron chi connectivity index (χ4n) is 2.91. The van der Waals surface area contributed by atoms with Crippen molar-refractivity contribution in [3.05, 3.63) is 0 Å². The molecule has 5 nitrogen and oxygen atoms in total. The van der Waals surface area contributed by atoms with Crippen molar-refractivity contribution in [1.29, 1.82) is 0 Å². The molecule has 0 bridgehead atoms. The number of likely N-dealkylation sites (tertiary alicyclic amines) is 1. The van der Waals surface area contributed by atoms with Crippen LogP contribution in [-0.4, -0.2) is 72.2 Å². The predicted molar refractivity (Wildman–Crippen MR) is 74.9 cm³/mol. The molecule has 2 N–H and O–H groups in total. The Kier molecular flexibility index (Phi) is 5.19. The van der Waals surface area contributed by atoms with Crippen LogP contribution in [0.2, 0.25) is 0 Å². The Balaban J connectivity index is 1.67. The van der Waals surface area contributed by atoms with Crippen LogP contribution < -0.4 is 5.32 Å². The molecule has 110 valence electrons. The Morgan fingerprint density at radius 2 is 2.11 bits per heavy atom. The van der Waals surface area contributed by atoms with Gasteiger partial charge in [0.05, 0.1) is 12.1 Å². The summed E-state index contributed by atoms with van der Waals surface area (Å²) in [5, 5.41) is 13.0. The molecule has 3 atom stereocenters. The molecule has 5 heteroatoms. The van der Waals surface area contributed by atoms with Gasteiger partial charge in [-0.15, -0.1) is 0 Å². The zero-order valence-corrected chi connectivity index (χ0v) is 12.1. The first-order chi connectivity index (χ1) is 9.08. The number of amides is 1. The number of carbonyl (C=O) groups is 1. The van der Waals surface area contributed by atoms with Gasteiger partial charge in [-0.1, -0.05) is 6.92 Å². The minimum absolute atomic E-state index is 0.0357. The quantitative estimate of drug-likeness (QED) is 0.748. The van der Waals surface area contributed by atoms with Crippen LogP contribution in [-0.2, 0) is 4.79 Å². The maximum atomic E-state index is 11.9. The molecule has 2 rings (SSSR count). The van der Waals surface area contributed by atoms with Crippen LogP contribution >= 0.6 is 0 Å². The number of rotatable bonds is 4. The van der Waals surface area contributed by atoms with Crippen LogP contribution in [0.4, 0.5) is 0 Å². The highest BCUT2D eigenvalue weighted by molar-refractivity contribution is 5.82. The number of carbonyl (C=O) groups excluding carboxylic acids is 1.